The first kappa shape index (κ1) is 27.3. The molecule has 1 N–H and O–H groups in total. The Kier molecular flexibility index (Phi) is 7.75. The maximum Gasteiger partial charge on any atom is 0.416 e. The van der Waals surface area contributed by atoms with E-state index >= 15 is 0 Å². The fourth-order valence-electron chi connectivity index (χ4n) is 5.24. The summed E-state index contributed by atoms with van der Waals surface area (Å²) < 4.78 is 52.6. The number of halogens is 4. The first-order chi connectivity index (χ1) is 18.6. The van der Waals surface area contributed by atoms with E-state index in [9.17, 15) is 18.0 Å². The molecular formula is C29H29ClF3N3O3. The van der Waals surface area contributed by atoms with Crippen molar-refractivity contribution in [3.63, 3.8) is 0 Å². The number of morpholine rings is 1. The molecule has 10 heteroatoms. The van der Waals surface area contributed by atoms with Crippen LogP contribution >= 0.6 is 11.6 Å². The molecular weight excluding hydrogens is 531 g/mol. The van der Waals surface area contributed by atoms with Crippen LogP contribution in [0.25, 0.3) is 0 Å². The summed E-state index contributed by atoms with van der Waals surface area (Å²) in [5.74, 6) is 1.15. The number of carbonyl (C=O) groups excluding carboxylic acids is 1. The number of ether oxygens (including phenoxy) is 2. The van der Waals surface area contributed by atoms with Crippen LogP contribution in [0.1, 0.15) is 24.5 Å². The lowest BCUT2D eigenvalue weighted by Gasteiger charge is -2.40. The van der Waals surface area contributed by atoms with Gasteiger partial charge in [-0.3, -0.25) is 9.80 Å². The van der Waals surface area contributed by atoms with Crippen LogP contribution in [-0.4, -0.2) is 49.8 Å². The predicted molar refractivity (Wildman–Crippen MR) is 143 cm³/mol. The lowest BCUT2D eigenvalue weighted by Crippen LogP contribution is -2.49. The molecule has 6 nitrogen and oxygen atoms in total. The average Bonchev–Trinajstić information content (AvgIpc) is 3.26. The summed E-state index contributed by atoms with van der Waals surface area (Å²) in [5.41, 5.74) is -0.789. The molecule has 39 heavy (non-hydrogen) atoms. The van der Waals surface area contributed by atoms with Crippen LogP contribution in [0, 0.1) is 0 Å². The Morgan fingerprint density at radius 2 is 1.77 bits per heavy atom. The zero-order valence-electron chi connectivity index (χ0n) is 21.4. The van der Waals surface area contributed by atoms with Gasteiger partial charge in [0.05, 0.1) is 23.8 Å². The smallest absolute Gasteiger partial charge is 0.416 e. The Hall–Kier alpha value is -3.27. The zero-order valence-corrected chi connectivity index (χ0v) is 22.1. The van der Waals surface area contributed by atoms with Gasteiger partial charge in [-0.2, -0.15) is 13.2 Å². The molecule has 3 aromatic rings. The normalized spacial score (nSPS) is 22.1. The molecule has 2 atom stereocenters. The van der Waals surface area contributed by atoms with Crippen molar-refractivity contribution < 1.29 is 27.4 Å². The van der Waals surface area contributed by atoms with Crippen LogP contribution in [-0.2, 0) is 16.5 Å². The Balaban J connectivity index is 1.48. The fraction of sp³-hybridized carbons (Fsp3) is 0.345. The van der Waals surface area contributed by atoms with Crippen molar-refractivity contribution in [2.24, 2.45) is 0 Å². The number of nitrogens with zero attached hydrogens (tertiary/aromatic N) is 2. The van der Waals surface area contributed by atoms with Gasteiger partial charge in [-0.15, -0.1) is 0 Å². The van der Waals surface area contributed by atoms with Crippen LogP contribution in [0.4, 0.5) is 23.7 Å². The van der Waals surface area contributed by atoms with Gasteiger partial charge in [0.15, 0.2) is 0 Å². The summed E-state index contributed by atoms with van der Waals surface area (Å²) in [7, 11) is 0. The van der Waals surface area contributed by atoms with E-state index in [1.54, 1.807) is 59.5 Å². The molecule has 2 heterocycles. The second-order valence-electron chi connectivity index (χ2n) is 9.89. The van der Waals surface area contributed by atoms with E-state index in [2.05, 4.69) is 10.2 Å². The Morgan fingerprint density at radius 1 is 1.08 bits per heavy atom. The highest BCUT2D eigenvalue weighted by atomic mass is 35.5. The predicted octanol–water partition coefficient (Wildman–Crippen LogP) is 6.69. The van der Waals surface area contributed by atoms with E-state index in [4.69, 9.17) is 21.1 Å². The van der Waals surface area contributed by atoms with Crippen molar-refractivity contribution in [1.29, 1.82) is 0 Å². The van der Waals surface area contributed by atoms with Crippen LogP contribution in [0.2, 0.25) is 5.02 Å². The monoisotopic (exact) mass is 559 g/mol. The molecule has 2 saturated heterocycles. The van der Waals surface area contributed by atoms with Crippen molar-refractivity contribution in [3.05, 3.63) is 88.9 Å². The quantitative estimate of drug-likeness (QED) is 0.350. The Labute approximate surface area is 230 Å². The van der Waals surface area contributed by atoms with Gasteiger partial charge in [0.1, 0.15) is 11.5 Å². The summed E-state index contributed by atoms with van der Waals surface area (Å²) in [6.45, 7) is 4.80. The number of urea groups is 1. The lowest BCUT2D eigenvalue weighted by molar-refractivity contribution is -0.137. The van der Waals surface area contributed by atoms with Gasteiger partial charge in [-0.05, 0) is 79.6 Å². The number of rotatable bonds is 7. The summed E-state index contributed by atoms with van der Waals surface area (Å²) in [6, 6.07) is 18.8. The molecule has 2 amide bonds. The number of alkyl halides is 3. The molecule has 0 radical (unpaired) electrons. The Bertz CT molecular complexity index is 1300. The molecule has 206 valence electrons. The number of hydrogen-bond acceptors (Lipinski definition) is 4. The first-order valence-electron chi connectivity index (χ1n) is 12.8. The third-order valence-electron chi connectivity index (χ3n) is 7.20. The summed E-state index contributed by atoms with van der Waals surface area (Å²) >= 11 is 5.95. The van der Waals surface area contributed by atoms with Gasteiger partial charge < -0.3 is 14.8 Å². The minimum atomic E-state index is -4.50. The van der Waals surface area contributed by atoms with Gasteiger partial charge in [0.2, 0.25) is 0 Å². The Morgan fingerprint density at radius 3 is 2.44 bits per heavy atom. The highest BCUT2D eigenvalue weighted by Gasteiger charge is 2.48. The molecule has 0 bridgehead atoms. The molecule has 1 unspecified atom stereocenters. The van der Waals surface area contributed by atoms with Crippen LogP contribution in [0.3, 0.4) is 0 Å². The van der Waals surface area contributed by atoms with Crippen LogP contribution in [0.15, 0.2) is 72.8 Å². The minimum absolute atomic E-state index is 0.0656. The molecule has 0 saturated carbocycles. The number of hydrogen-bond donors (Lipinski definition) is 1. The lowest BCUT2D eigenvalue weighted by atomic mass is 9.84. The van der Waals surface area contributed by atoms with E-state index in [0.29, 0.717) is 47.3 Å². The van der Waals surface area contributed by atoms with Crippen LogP contribution in [0.5, 0.6) is 11.5 Å². The fourth-order valence-corrected chi connectivity index (χ4v) is 5.36. The van der Waals surface area contributed by atoms with Gasteiger partial charge in [-0.25, -0.2) is 4.79 Å². The van der Waals surface area contributed by atoms with E-state index < -0.39 is 17.3 Å². The van der Waals surface area contributed by atoms with E-state index in [1.807, 2.05) is 6.92 Å². The van der Waals surface area contributed by atoms with Crippen molar-refractivity contribution in [2.45, 2.75) is 31.2 Å². The maximum absolute atomic E-state index is 13.7. The highest BCUT2D eigenvalue weighted by molar-refractivity contribution is 6.30. The standard InChI is InChI=1S/C29H29ClF3N3O3/c1-20-18-35(15-16-38-20)14-13-28(21-3-2-4-22(17-21)29(31,32)33)19-34-27(37)36(28)24-7-11-26(12-8-24)39-25-9-5-23(30)6-10-25/h2-12,17,20H,13-16,18-19H2,1H3,(H,34,37)/t20-,28?/m1/s1. The topological polar surface area (TPSA) is 54.0 Å². The molecule has 2 fully saturated rings. The molecule has 5 rings (SSSR count). The largest absolute Gasteiger partial charge is 0.457 e. The molecule has 0 spiro atoms. The molecule has 3 aromatic carbocycles. The van der Waals surface area contributed by atoms with Crippen molar-refractivity contribution in [2.75, 3.05) is 37.7 Å². The number of carbonyl (C=O) groups is 1. The summed E-state index contributed by atoms with van der Waals surface area (Å²) in [4.78, 5) is 17.1. The van der Waals surface area contributed by atoms with Crippen molar-refractivity contribution in [3.8, 4) is 11.5 Å². The van der Waals surface area contributed by atoms with Gasteiger partial charge in [0.25, 0.3) is 0 Å². The summed E-state index contributed by atoms with van der Waals surface area (Å²) in [6.07, 6.45) is -4.00. The second-order valence-corrected chi connectivity index (χ2v) is 10.3. The average molecular weight is 560 g/mol. The first-order valence-corrected chi connectivity index (χ1v) is 13.2. The number of amides is 2. The van der Waals surface area contributed by atoms with Gasteiger partial charge >= 0.3 is 12.2 Å². The zero-order chi connectivity index (χ0) is 27.6. The number of nitrogens with one attached hydrogen (secondary N) is 1. The maximum atomic E-state index is 13.7. The van der Waals surface area contributed by atoms with E-state index in [-0.39, 0.29) is 18.7 Å². The minimum Gasteiger partial charge on any atom is -0.457 e. The number of anilines is 1. The molecule has 0 aliphatic carbocycles. The van der Waals surface area contributed by atoms with Crippen molar-refractivity contribution >= 4 is 23.3 Å². The molecule has 2 aliphatic rings. The van der Waals surface area contributed by atoms with Gasteiger partial charge in [-0.1, -0.05) is 23.7 Å². The second kappa shape index (κ2) is 11.1. The van der Waals surface area contributed by atoms with E-state index in [1.165, 1.54) is 6.07 Å². The number of benzene rings is 3. The third kappa shape index (κ3) is 6.00. The van der Waals surface area contributed by atoms with E-state index in [0.717, 1.165) is 25.2 Å². The third-order valence-corrected chi connectivity index (χ3v) is 7.45. The molecule has 2 aliphatic heterocycles. The highest BCUT2D eigenvalue weighted by Crippen LogP contribution is 2.42. The van der Waals surface area contributed by atoms with Crippen molar-refractivity contribution in [1.82, 2.24) is 10.2 Å². The van der Waals surface area contributed by atoms with Crippen LogP contribution < -0.4 is 15.0 Å². The summed E-state index contributed by atoms with van der Waals surface area (Å²) in [5, 5.41) is 3.48. The SMILES string of the molecule is C[C@@H]1CN(CCC2(c3cccc(C(F)(F)F)c3)CNC(=O)N2c2ccc(Oc3ccc(Cl)cc3)cc2)CCO1. The van der Waals surface area contributed by atoms with Gasteiger partial charge in [0, 0.05) is 36.9 Å². The molecule has 0 aromatic heterocycles.